The molecule has 3 aromatic carbocycles. The van der Waals surface area contributed by atoms with Gasteiger partial charge in [0.15, 0.2) is 0 Å². The maximum Gasteiger partial charge on any atom is 0.264 e. The number of hydrogen-bond acceptors (Lipinski definition) is 5. The number of ether oxygens (including phenoxy) is 1. The van der Waals surface area contributed by atoms with E-state index in [2.05, 4.69) is 5.32 Å². The van der Waals surface area contributed by atoms with E-state index >= 15 is 0 Å². The van der Waals surface area contributed by atoms with Gasteiger partial charge in [-0.25, -0.2) is 8.42 Å². The molecule has 0 bridgehead atoms. The molecule has 0 heterocycles. The molecule has 0 saturated heterocycles. The van der Waals surface area contributed by atoms with Gasteiger partial charge in [-0.3, -0.25) is 13.9 Å². The van der Waals surface area contributed by atoms with Crippen molar-refractivity contribution in [1.29, 1.82) is 0 Å². The molecule has 0 radical (unpaired) electrons. The molecule has 41 heavy (non-hydrogen) atoms. The molecule has 3 rings (SSSR count). The van der Waals surface area contributed by atoms with E-state index in [1.54, 1.807) is 62.6 Å². The Morgan fingerprint density at radius 1 is 0.927 bits per heavy atom. The minimum atomic E-state index is -4.12. The smallest absolute Gasteiger partial charge is 0.264 e. The highest BCUT2D eigenvalue weighted by atomic mass is 32.2. The standard InChI is InChI=1S/C32H41N3O5S/c1-8-24(4)33-32(37)26(6)34(20-27-14-16-28(40-7)17-15-27)31(36)21-35(30-11-9-10-23(3)25(30)5)41(38,39)29-18-12-22(2)13-19-29/h9-19,24,26H,8,20-21H2,1-7H3,(H,33,37)/t24-,26-/m0/s1. The van der Waals surface area contributed by atoms with Crippen molar-refractivity contribution in [3.63, 3.8) is 0 Å². The van der Waals surface area contributed by atoms with Crippen LogP contribution >= 0.6 is 0 Å². The van der Waals surface area contributed by atoms with Crippen molar-refractivity contribution < 1.29 is 22.7 Å². The number of sulfonamides is 1. The molecule has 0 fully saturated rings. The quantitative estimate of drug-likeness (QED) is 0.320. The number of rotatable bonds is 12. The van der Waals surface area contributed by atoms with Crippen molar-refractivity contribution in [1.82, 2.24) is 10.2 Å². The highest BCUT2D eigenvalue weighted by Crippen LogP contribution is 2.29. The third-order valence-electron chi connectivity index (χ3n) is 7.41. The first kappa shape index (κ1) is 31.7. The van der Waals surface area contributed by atoms with Crippen molar-refractivity contribution in [2.75, 3.05) is 18.0 Å². The highest BCUT2D eigenvalue weighted by molar-refractivity contribution is 7.92. The van der Waals surface area contributed by atoms with Crippen LogP contribution in [0.3, 0.4) is 0 Å². The molecule has 0 spiro atoms. The van der Waals surface area contributed by atoms with Gasteiger partial charge in [-0.15, -0.1) is 0 Å². The average molecular weight is 580 g/mol. The van der Waals surface area contributed by atoms with Gasteiger partial charge in [-0.1, -0.05) is 48.9 Å². The second-order valence-corrected chi connectivity index (χ2v) is 12.3. The predicted octanol–water partition coefficient (Wildman–Crippen LogP) is 5.15. The Hall–Kier alpha value is -3.85. The molecule has 0 aliphatic carbocycles. The van der Waals surface area contributed by atoms with E-state index < -0.39 is 28.5 Å². The molecular weight excluding hydrogens is 538 g/mol. The van der Waals surface area contributed by atoms with E-state index in [1.165, 1.54) is 4.90 Å². The molecule has 0 aliphatic rings. The summed E-state index contributed by atoms with van der Waals surface area (Å²) in [5.74, 6) is -0.135. The monoisotopic (exact) mass is 579 g/mol. The largest absolute Gasteiger partial charge is 0.497 e. The van der Waals surface area contributed by atoms with Crippen LogP contribution in [0.1, 0.15) is 49.4 Å². The first-order valence-corrected chi connectivity index (χ1v) is 15.2. The number of carbonyl (C=O) groups is 2. The van der Waals surface area contributed by atoms with E-state index in [1.807, 2.05) is 52.8 Å². The third kappa shape index (κ3) is 7.67. The molecule has 0 aromatic heterocycles. The Kier molecular flexibility index (Phi) is 10.6. The fraction of sp³-hybridized carbons (Fsp3) is 0.375. The number of amides is 2. The third-order valence-corrected chi connectivity index (χ3v) is 9.19. The maximum atomic E-state index is 14.1. The summed E-state index contributed by atoms with van der Waals surface area (Å²) in [6.07, 6.45) is 0.736. The average Bonchev–Trinajstić information content (AvgIpc) is 2.96. The Bertz CT molecular complexity index is 1450. The first-order valence-electron chi connectivity index (χ1n) is 13.8. The number of carbonyl (C=O) groups excluding carboxylic acids is 2. The first-order chi connectivity index (χ1) is 19.4. The van der Waals surface area contributed by atoms with Crippen LogP contribution in [0.15, 0.2) is 71.6 Å². The lowest BCUT2D eigenvalue weighted by Gasteiger charge is -2.33. The van der Waals surface area contributed by atoms with Crippen LogP contribution in [0.5, 0.6) is 5.75 Å². The van der Waals surface area contributed by atoms with Crippen molar-refractivity contribution >= 4 is 27.5 Å². The summed E-state index contributed by atoms with van der Waals surface area (Å²) in [6, 6.07) is 18.2. The summed E-state index contributed by atoms with van der Waals surface area (Å²) in [6.45, 7) is 10.8. The fourth-order valence-electron chi connectivity index (χ4n) is 4.33. The summed E-state index contributed by atoms with van der Waals surface area (Å²) < 4.78 is 34.5. The van der Waals surface area contributed by atoms with Crippen molar-refractivity contribution in [3.05, 3.63) is 89.0 Å². The van der Waals surface area contributed by atoms with Crippen molar-refractivity contribution in [2.24, 2.45) is 0 Å². The van der Waals surface area contributed by atoms with Gasteiger partial charge in [0.2, 0.25) is 11.8 Å². The van der Waals surface area contributed by atoms with E-state index in [-0.39, 0.29) is 23.4 Å². The molecule has 2 amide bonds. The van der Waals surface area contributed by atoms with Gasteiger partial charge in [0, 0.05) is 12.6 Å². The summed E-state index contributed by atoms with van der Waals surface area (Å²) in [5.41, 5.74) is 3.77. The zero-order chi connectivity index (χ0) is 30.3. The van der Waals surface area contributed by atoms with Crippen LogP contribution in [-0.2, 0) is 26.2 Å². The summed E-state index contributed by atoms with van der Waals surface area (Å²) in [4.78, 5) is 28.8. The molecule has 0 unspecified atom stereocenters. The van der Waals surface area contributed by atoms with Gasteiger partial charge in [0.05, 0.1) is 17.7 Å². The Balaban J connectivity index is 2.06. The van der Waals surface area contributed by atoms with Gasteiger partial charge in [0.25, 0.3) is 10.0 Å². The van der Waals surface area contributed by atoms with Crippen LogP contribution < -0.4 is 14.4 Å². The highest BCUT2D eigenvalue weighted by Gasteiger charge is 2.33. The number of aryl methyl sites for hydroxylation is 2. The van der Waals surface area contributed by atoms with Crippen LogP contribution in [0.25, 0.3) is 0 Å². The topological polar surface area (TPSA) is 96.0 Å². The summed E-state index contributed by atoms with van der Waals surface area (Å²) in [5, 5.41) is 2.95. The normalized spacial score (nSPS) is 12.8. The fourth-order valence-corrected chi connectivity index (χ4v) is 5.80. The lowest BCUT2D eigenvalue weighted by molar-refractivity contribution is -0.139. The van der Waals surface area contributed by atoms with E-state index in [9.17, 15) is 18.0 Å². The molecule has 1 N–H and O–H groups in total. The molecule has 8 nitrogen and oxygen atoms in total. The maximum absolute atomic E-state index is 14.1. The summed E-state index contributed by atoms with van der Waals surface area (Å²) >= 11 is 0. The van der Waals surface area contributed by atoms with Crippen molar-refractivity contribution in [3.8, 4) is 5.75 Å². The Labute approximate surface area is 244 Å². The van der Waals surface area contributed by atoms with Gasteiger partial charge in [-0.05, 0) is 88.1 Å². The lowest BCUT2D eigenvalue weighted by Crippen LogP contribution is -2.52. The molecule has 9 heteroatoms. The minimum absolute atomic E-state index is 0.0729. The van der Waals surface area contributed by atoms with Crippen LogP contribution in [0, 0.1) is 20.8 Å². The molecular formula is C32H41N3O5S. The molecule has 220 valence electrons. The van der Waals surface area contributed by atoms with E-state index in [0.717, 1.165) is 33.0 Å². The number of hydrogen-bond donors (Lipinski definition) is 1. The summed E-state index contributed by atoms with van der Waals surface area (Å²) in [7, 11) is -2.55. The minimum Gasteiger partial charge on any atom is -0.497 e. The zero-order valence-corrected chi connectivity index (χ0v) is 25.8. The zero-order valence-electron chi connectivity index (χ0n) is 25.0. The van der Waals surface area contributed by atoms with Crippen LogP contribution in [0.2, 0.25) is 0 Å². The molecule has 3 aromatic rings. The second kappa shape index (κ2) is 13.7. The Morgan fingerprint density at radius 3 is 2.15 bits per heavy atom. The van der Waals surface area contributed by atoms with E-state index in [4.69, 9.17) is 4.74 Å². The number of nitrogens with one attached hydrogen (secondary N) is 1. The van der Waals surface area contributed by atoms with Crippen molar-refractivity contribution in [2.45, 2.75) is 71.5 Å². The predicted molar refractivity (Wildman–Crippen MR) is 163 cm³/mol. The number of anilines is 1. The molecule has 0 saturated carbocycles. The Morgan fingerprint density at radius 2 is 1.56 bits per heavy atom. The number of nitrogens with zero attached hydrogens (tertiary/aromatic N) is 2. The van der Waals surface area contributed by atoms with Crippen LogP contribution in [-0.4, -0.2) is 50.9 Å². The lowest BCUT2D eigenvalue weighted by atomic mass is 10.1. The van der Waals surface area contributed by atoms with Gasteiger partial charge in [-0.2, -0.15) is 0 Å². The van der Waals surface area contributed by atoms with Crippen LogP contribution in [0.4, 0.5) is 5.69 Å². The number of methoxy groups -OCH3 is 1. The second-order valence-electron chi connectivity index (χ2n) is 10.4. The van der Waals surface area contributed by atoms with Gasteiger partial charge >= 0.3 is 0 Å². The van der Waals surface area contributed by atoms with Gasteiger partial charge in [0.1, 0.15) is 18.3 Å². The van der Waals surface area contributed by atoms with Gasteiger partial charge < -0.3 is 15.0 Å². The number of benzene rings is 3. The van der Waals surface area contributed by atoms with E-state index in [0.29, 0.717) is 11.4 Å². The molecule has 0 aliphatic heterocycles. The SMILES string of the molecule is CC[C@H](C)NC(=O)[C@H](C)N(Cc1ccc(OC)cc1)C(=O)CN(c1cccc(C)c1C)S(=O)(=O)c1ccc(C)cc1. The molecule has 2 atom stereocenters.